The molecule has 1 aliphatic heterocycles. The summed E-state index contributed by atoms with van der Waals surface area (Å²) in [5, 5.41) is 10.5. The van der Waals surface area contributed by atoms with Crippen LogP contribution in [0.4, 0.5) is 0 Å². The first-order chi connectivity index (χ1) is 14.0. The summed E-state index contributed by atoms with van der Waals surface area (Å²) in [4.78, 5) is 12.6. The lowest BCUT2D eigenvalue weighted by Crippen LogP contribution is -2.42. The molecule has 0 radical (unpaired) electrons. The van der Waals surface area contributed by atoms with Crippen molar-refractivity contribution in [3.8, 4) is 5.75 Å². The summed E-state index contributed by atoms with van der Waals surface area (Å²) in [7, 11) is 0. The van der Waals surface area contributed by atoms with Gasteiger partial charge in [0.1, 0.15) is 18.2 Å². The highest BCUT2D eigenvalue weighted by atomic mass is 35.5. The molecule has 0 spiro atoms. The van der Waals surface area contributed by atoms with E-state index in [-0.39, 0.29) is 5.91 Å². The van der Waals surface area contributed by atoms with Crippen molar-refractivity contribution in [3.05, 3.63) is 99.6 Å². The fourth-order valence-electron chi connectivity index (χ4n) is 3.19. The number of rotatable bonds is 5. The lowest BCUT2D eigenvalue weighted by Gasteiger charge is -2.19. The molecule has 0 saturated heterocycles. The Kier molecular flexibility index (Phi) is 5.23. The maximum Gasteiger partial charge on any atom is 0.269 e. The van der Waals surface area contributed by atoms with Gasteiger partial charge in [0.25, 0.3) is 5.91 Å². The van der Waals surface area contributed by atoms with Crippen LogP contribution in [-0.4, -0.2) is 16.8 Å². The third-order valence-electron chi connectivity index (χ3n) is 4.86. The average Bonchev–Trinajstić information content (AvgIpc) is 3.05. The molecule has 29 heavy (non-hydrogen) atoms. The Labute approximate surface area is 174 Å². The van der Waals surface area contributed by atoms with Crippen LogP contribution >= 0.6 is 11.6 Å². The van der Waals surface area contributed by atoms with Crippen LogP contribution < -0.4 is 10.2 Å². The van der Waals surface area contributed by atoms with Gasteiger partial charge in [0, 0.05) is 16.1 Å². The second kappa shape index (κ2) is 7.97. The van der Waals surface area contributed by atoms with Gasteiger partial charge in [-0.15, -0.1) is 0 Å². The molecule has 3 aromatic rings. The Morgan fingerprint density at radius 1 is 1.14 bits per heavy atom. The molecule has 0 fully saturated rings. The maximum absolute atomic E-state index is 12.6. The molecule has 146 valence electrons. The molecule has 0 unspecified atom stereocenters. The second-order valence-electron chi connectivity index (χ2n) is 6.93. The van der Waals surface area contributed by atoms with Gasteiger partial charge in [0.2, 0.25) is 0 Å². The predicted octanol–water partition coefficient (Wildman–Crippen LogP) is 4.71. The van der Waals surface area contributed by atoms with Crippen molar-refractivity contribution < 1.29 is 9.53 Å². The van der Waals surface area contributed by atoms with Crippen LogP contribution in [-0.2, 0) is 13.2 Å². The van der Waals surface area contributed by atoms with E-state index in [1.807, 2.05) is 61.5 Å². The van der Waals surface area contributed by atoms with Gasteiger partial charge in [-0.2, -0.15) is 0 Å². The first-order valence-electron chi connectivity index (χ1n) is 9.24. The van der Waals surface area contributed by atoms with E-state index < -0.39 is 0 Å². The highest BCUT2D eigenvalue weighted by Gasteiger charge is 2.25. The Balaban J connectivity index is 1.36. The van der Waals surface area contributed by atoms with Crippen molar-refractivity contribution in [1.82, 2.24) is 10.4 Å². The molecule has 2 N–H and O–H groups in total. The fraction of sp³-hybridized carbons (Fsp3) is 0.130. The number of hydrogen-bond acceptors (Lipinski definition) is 3. The number of ether oxygens (including phenoxy) is 1. The zero-order valence-electron chi connectivity index (χ0n) is 15.9. The van der Waals surface area contributed by atoms with Crippen LogP contribution in [0.2, 0.25) is 5.02 Å². The molecule has 3 aromatic carbocycles. The molecule has 0 atom stereocenters. The van der Waals surface area contributed by atoms with Gasteiger partial charge >= 0.3 is 0 Å². The summed E-state index contributed by atoms with van der Waals surface area (Å²) in [5.74, 6) is 0.807. The molecule has 4 rings (SSSR count). The molecular weight excluding hydrogens is 386 g/mol. The Morgan fingerprint density at radius 3 is 2.62 bits per heavy atom. The van der Waals surface area contributed by atoms with Gasteiger partial charge in [0.05, 0.1) is 6.54 Å². The van der Waals surface area contributed by atoms with Crippen LogP contribution in [0, 0.1) is 12.3 Å². The van der Waals surface area contributed by atoms with Crippen LogP contribution in [0.5, 0.6) is 5.75 Å². The zero-order chi connectivity index (χ0) is 20.4. The number of fused-ring (bicyclic) bond motifs is 1. The van der Waals surface area contributed by atoms with Crippen LogP contribution in [0.25, 0.3) is 0 Å². The summed E-state index contributed by atoms with van der Waals surface area (Å²) < 4.78 is 5.79. The SMILES string of the molecule is Cc1cc(OCc2ccc(C(=O)NN3Cc4ccccc4C3=N)cc2)ccc1Cl. The van der Waals surface area contributed by atoms with Crippen LogP contribution in [0.1, 0.15) is 32.6 Å². The van der Waals surface area contributed by atoms with Gasteiger partial charge in [-0.1, -0.05) is 48.0 Å². The van der Waals surface area contributed by atoms with Gasteiger partial charge < -0.3 is 4.74 Å². The highest BCUT2D eigenvalue weighted by Crippen LogP contribution is 2.22. The highest BCUT2D eigenvalue weighted by molar-refractivity contribution is 6.31. The summed E-state index contributed by atoms with van der Waals surface area (Å²) >= 11 is 6.03. The zero-order valence-corrected chi connectivity index (χ0v) is 16.7. The van der Waals surface area contributed by atoms with Crippen molar-refractivity contribution in [2.45, 2.75) is 20.1 Å². The van der Waals surface area contributed by atoms with Crippen molar-refractivity contribution >= 4 is 23.3 Å². The number of halogens is 1. The lowest BCUT2D eigenvalue weighted by atomic mass is 10.1. The number of benzene rings is 3. The minimum Gasteiger partial charge on any atom is -0.489 e. The molecule has 0 saturated carbocycles. The summed E-state index contributed by atoms with van der Waals surface area (Å²) in [5.41, 5.74) is 7.13. The standard InChI is InChI=1S/C23H20ClN3O2/c1-15-12-19(10-11-21(15)24)29-14-16-6-8-17(9-7-16)23(28)26-27-13-18-4-2-3-5-20(18)22(27)25/h2-12,25H,13-14H2,1H3,(H,26,28). The van der Waals surface area contributed by atoms with E-state index >= 15 is 0 Å². The van der Waals surface area contributed by atoms with Gasteiger partial charge in [0.15, 0.2) is 0 Å². The number of nitrogens with one attached hydrogen (secondary N) is 2. The van der Waals surface area contributed by atoms with Crippen molar-refractivity contribution in [1.29, 1.82) is 5.41 Å². The maximum atomic E-state index is 12.6. The second-order valence-corrected chi connectivity index (χ2v) is 7.34. The van der Waals surface area contributed by atoms with Crippen molar-refractivity contribution in [3.63, 3.8) is 0 Å². The van der Waals surface area contributed by atoms with E-state index in [1.54, 1.807) is 17.1 Å². The Morgan fingerprint density at radius 2 is 1.90 bits per heavy atom. The minimum atomic E-state index is -0.247. The summed E-state index contributed by atoms with van der Waals surface area (Å²) in [6.07, 6.45) is 0. The third kappa shape index (κ3) is 4.10. The first kappa shape index (κ1) is 19.0. The van der Waals surface area contributed by atoms with E-state index in [0.717, 1.165) is 28.0 Å². The third-order valence-corrected chi connectivity index (χ3v) is 5.28. The van der Waals surface area contributed by atoms with E-state index in [2.05, 4.69) is 5.43 Å². The number of hydrogen-bond donors (Lipinski definition) is 2. The predicted molar refractivity (Wildman–Crippen MR) is 113 cm³/mol. The average molecular weight is 406 g/mol. The number of carbonyl (C=O) groups is 1. The number of hydrazine groups is 1. The fourth-order valence-corrected chi connectivity index (χ4v) is 3.31. The summed E-state index contributed by atoms with van der Waals surface area (Å²) in [6, 6.07) is 20.5. The number of carbonyl (C=O) groups excluding carboxylic acids is 1. The molecule has 5 nitrogen and oxygen atoms in total. The molecule has 1 heterocycles. The number of amidine groups is 1. The van der Waals surface area contributed by atoms with Gasteiger partial charge in [-0.05, 0) is 53.9 Å². The minimum absolute atomic E-state index is 0.247. The van der Waals surface area contributed by atoms with E-state index in [0.29, 0.717) is 29.6 Å². The normalized spacial score (nSPS) is 12.6. The van der Waals surface area contributed by atoms with Gasteiger partial charge in [-0.3, -0.25) is 20.6 Å². The van der Waals surface area contributed by atoms with Crippen LogP contribution in [0.3, 0.4) is 0 Å². The molecule has 1 aliphatic rings. The monoisotopic (exact) mass is 405 g/mol. The van der Waals surface area contributed by atoms with E-state index in [9.17, 15) is 4.79 Å². The quantitative estimate of drug-likeness (QED) is 0.645. The Bertz CT molecular complexity index is 1080. The smallest absolute Gasteiger partial charge is 0.269 e. The number of amides is 1. The lowest BCUT2D eigenvalue weighted by molar-refractivity contribution is 0.0869. The van der Waals surface area contributed by atoms with Gasteiger partial charge in [-0.25, -0.2) is 0 Å². The molecule has 0 bridgehead atoms. The molecule has 0 aliphatic carbocycles. The molecule has 0 aromatic heterocycles. The first-order valence-corrected chi connectivity index (χ1v) is 9.62. The van der Waals surface area contributed by atoms with Crippen LogP contribution in [0.15, 0.2) is 66.7 Å². The van der Waals surface area contributed by atoms with Crippen molar-refractivity contribution in [2.75, 3.05) is 0 Å². The molecule has 1 amide bonds. The number of nitrogens with zero attached hydrogens (tertiary/aromatic N) is 1. The summed E-state index contributed by atoms with van der Waals surface area (Å²) in [6.45, 7) is 2.82. The van der Waals surface area contributed by atoms with E-state index in [1.165, 1.54) is 0 Å². The Hall–Kier alpha value is -3.31. The van der Waals surface area contributed by atoms with E-state index in [4.69, 9.17) is 21.7 Å². The molecule has 6 heteroatoms. The number of aryl methyl sites for hydroxylation is 1. The molecular formula is C23H20ClN3O2. The van der Waals surface area contributed by atoms with Crippen molar-refractivity contribution in [2.24, 2.45) is 0 Å². The largest absolute Gasteiger partial charge is 0.489 e. The topological polar surface area (TPSA) is 65.4 Å².